The van der Waals surface area contributed by atoms with E-state index in [-0.39, 0.29) is 24.4 Å². The van der Waals surface area contributed by atoms with Crippen LogP contribution in [0.1, 0.15) is 21.7 Å². The molecule has 0 aliphatic carbocycles. The summed E-state index contributed by atoms with van der Waals surface area (Å²) in [6.45, 7) is 7.69. The fraction of sp³-hybridized carbons (Fsp3) is 0.192. The first-order valence-electron chi connectivity index (χ1n) is 10.4. The van der Waals surface area contributed by atoms with Crippen molar-refractivity contribution in [3.8, 4) is 0 Å². The van der Waals surface area contributed by atoms with Crippen LogP contribution in [0.2, 0.25) is 0 Å². The lowest BCUT2D eigenvalue weighted by Crippen LogP contribution is -2.21. The molecule has 0 unspecified atom stereocenters. The molecule has 0 N–H and O–H groups in total. The van der Waals surface area contributed by atoms with E-state index in [0.29, 0.717) is 33.9 Å². The molecule has 32 heavy (non-hydrogen) atoms. The minimum Gasteiger partial charge on any atom is -0.456 e. The van der Waals surface area contributed by atoms with Gasteiger partial charge in [0.2, 0.25) is 5.78 Å². The standard InChI is InChI=1S/C26H24N2O4/c1-4-13-27-17(2)14-21(18(27)3)24(29)16-32-25(30)15-28-22-11-7-5-9-19(22)26(31)20-10-6-8-12-23(20)28/h4-12,14H,1,13,15-16H2,2-3H3. The van der Waals surface area contributed by atoms with Gasteiger partial charge in [-0.2, -0.15) is 0 Å². The number of ketones is 1. The van der Waals surface area contributed by atoms with Crippen molar-refractivity contribution in [3.05, 3.63) is 94.4 Å². The quantitative estimate of drug-likeness (QED) is 0.192. The number of rotatable bonds is 7. The first-order valence-corrected chi connectivity index (χ1v) is 10.4. The van der Waals surface area contributed by atoms with Crippen molar-refractivity contribution < 1.29 is 14.3 Å². The fourth-order valence-corrected chi connectivity index (χ4v) is 4.14. The Balaban J connectivity index is 1.58. The summed E-state index contributed by atoms with van der Waals surface area (Å²) in [7, 11) is 0. The highest BCUT2D eigenvalue weighted by Gasteiger charge is 2.18. The zero-order chi connectivity index (χ0) is 22.8. The maximum absolute atomic E-state index is 12.8. The number of carbonyl (C=O) groups is 2. The van der Waals surface area contributed by atoms with Crippen molar-refractivity contribution >= 4 is 33.6 Å². The lowest BCUT2D eigenvalue weighted by atomic mass is 10.1. The largest absolute Gasteiger partial charge is 0.456 e. The van der Waals surface area contributed by atoms with Gasteiger partial charge in [0.25, 0.3) is 0 Å². The second kappa shape index (κ2) is 8.67. The van der Waals surface area contributed by atoms with E-state index in [2.05, 4.69) is 6.58 Å². The molecule has 4 rings (SSSR count). The molecular weight excluding hydrogens is 404 g/mol. The van der Waals surface area contributed by atoms with Gasteiger partial charge >= 0.3 is 5.97 Å². The number of fused-ring (bicyclic) bond motifs is 2. The van der Waals surface area contributed by atoms with Crippen LogP contribution >= 0.6 is 0 Å². The van der Waals surface area contributed by atoms with E-state index in [1.54, 1.807) is 53.1 Å². The molecule has 0 bridgehead atoms. The van der Waals surface area contributed by atoms with Gasteiger partial charge in [0, 0.05) is 34.3 Å². The highest BCUT2D eigenvalue weighted by molar-refractivity contribution is 5.99. The van der Waals surface area contributed by atoms with Crippen molar-refractivity contribution in [3.63, 3.8) is 0 Å². The van der Waals surface area contributed by atoms with Crippen molar-refractivity contribution in [1.29, 1.82) is 0 Å². The Labute approximate surface area is 185 Å². The van der Waals surface area contributed by atoms with E-state index in [4.69, 9.17) is 4.74 Å². The zero-order valence-electron chi connectivity index (χ0n) is 18.1. The van der Waals surface area contributed by atoms with Gasteiger partial charge < -0.3 is 13.9 Å². The summed E-state index contributed by atoms with van der Waals surface area (Å²) >= 11 is 0. The van der Waals surface area contributed by atoms with Gasteiger partial charge in [-0.1, -0.05) is 30.3 Å². The van der Waals surface area contributed by atoms with E-state index < -0.39 is 5.97 Å². The van der Waals surface area contributed by atoms with Crippen LogP contribution in [-0.2, 0) is 22.6 Å². The van der Waals surface area contributed by atoms with Gasteiger partial charge in [-0.3, -0.25) is 14.4 Å². The normalized spacial score (nSPS) is 11.1. The third kappa shape index (κ3) is 3.75. The molecule has 0 amide bonds. The number of aryl methyl sites for hydroxylation is 1. The second-order valence-corrected chi connectivity index (χ2v) is 7.72. The average Bonchev–Trinajstić information content (AvgIpc) is 3.09. The predicted octanol–water partition coefficient (Wildman–Crippen LogP) is 4.19. The fourth-order valence-electron chi connectivity index (χ4n) is 4.14. The van der Waals surface area contributed by atoms with Crippen LogP contribution in [-0.4, -0.2) is 27.5 Å². The van der Waals surface area contributed by atoms with Crippen LogP contribution in [0.3, 0.4) is 0 Å². The smallest absolute Gasteiger partial charge is 0.326 e. The number of hydrogen-bond acceptors (Lipinski definition) is 4. The number of aromatic nitrogens is 2. The van der Waals surface area contributed by atoms with E-state index in [1.165, 1.54) is 0 Å². The van der Waals surface area contributed by atoms with Gasteiger partial charge in [-0.05, 0) is 44.2 Å². The minimum atomic E-state index is -0.544. The van der Waals surface area contributed by atoms with Crippen LogP contribution in [0.25, 0.3) is 21.8 Å². The Kier molecular flexibility index (Phi) is 5.77. The van der Waals surface area contributed by atoms with Gasteiger partial charge in [0.15, 0.2) is 12.0 Å². The predicted molar refractivity (Wildman–Crippen MR) is 125 cm³/mol. The summed E-state index contributed by atoms with van der Waals surface area (Å²) in [5.74, 6) is -0.798. The van der Waals surface area contributed by atoms with E-state index in [1.807, 2.05) is 30.5 Å². The third-order valence-electron chi connectivity index (χ3n) is 5.72. The molecule has 2 heterocycles. The number of para-hydroxylation sites is 2. The molecule has 0 spiro atoms. The molecule has 0 aliphatic heterocycles. The van der Waals surface area contributed by atoms with Crippen LogP contribution in [0.15, 0.2) is 72.0 Å². The number of ether oxygens (including phenoxy) is 1. The minimum absolute atomic E-state index is 0.0779. The monoisotopic (exact) mass is 428 g/mol. The zero-order valence-corrected chi connectivity index (χ0v) is 18.1. The molecule has 6 nitrogen and oxygen atoms in total. The van der Waals surface area contributed by atoms with Crippen molar-refractivity contribution in [2.45, 2.75) is 26.9 Å². The molecule has 6 heteroatoms. The summed E-state index contributed by atoms with van der Waals surface area (Å²) in [5.41, 5.74) is 3.52. The molecule has 2 aromatic carbocycles. The van der Waals surface area contributed by atoms with Crippen LogP contribution in [0.4, 0.5) is 0 Å². The summed E-state index contributed by atoms with van der Waals surface area (Å²) in [6, 6.07) is 16.1. The maximum Gasteiger partial charge on any atom is 0.326 e. The first kappa shape index (κ1) is 21.3. The lowest BCUT2D eigenvalue weighted by Gasteiger charge is -2.14. The summed E-state index contributed by atoms with van der Waals surface area (Å²) < 4.78 is 9.08. The number of benzene rings is 2. The number of hydrogen-bond donors (Lipinski definition) is 0. The van der Waals surface area contributed by atoms with E-state index >= 15 is 0 Å². The Bertz CT molecular complexity index is 1370. The summed E-state index contributed by atoms with van der Waals surface area (Å²) in [4.78, 5) is 38.2. The van der Waals surface area contributed by atoms with Crippen LogP contribution in [0.5, 0.6) is 0 Å². The average molecular weight is 428 g/mol. The first-order chi connectivity index (χ1) is 15.4. The van der Waals surface area contributed by atoms with Gasteiger partial charge in [-0.25, -0.2) is 0 Å². The molecule has 2 aromatic heterocycles. The van der Waals surface area contributed by atoms with Crippen LogP contribution in [0, 0.1) is 13.8 Å². The summed E-state index contributed by atoms with van der Waals surface area (Å²) in [5, 5.41) is 1.06. The molecule has 0 aliphatic rings. The molecule has 0 radical (unpaired) electrons. The van der Waals surface area contributed by atoms with Crippen molar-refractivity contribution in [2.75, 3.05) is 6.61 Å². The lowest BCUT2D eigenvalue weighted by molar-refractivity contribution is -0.143. The summed E-state index contributed by atoms with van der Waals surface area (Å²) in [6.07, 6.45) is 1.77. The molecule has 0 fully saturated rings. The molecule has 4 aromatic rings. The molecule has 0 saturated carbocycles. The molecule has 162 valence electrons. The number of Topliss-reactive ketones (excluding diaryl/α,β-unsaturated/α-hetero) is 1. The van der Waals surface area contributed by atoms with E-state index in [0.717, 1.165) is 11.4 Å². The Hall–Kier alpha value is -3.93. The third-order valence-corrected chi connectivity index (χ3v) is 5.72. The molecule has 0 atom stereocenters. The van der Waals surface area contributed by atoms with E-state index in [9.17, 15) is 14.4 Å². The SMILES string of the molecule is C=CCn1c(C)cc(C(=O)COC(=O)Cn2c3ccccc3c(=O)c3ccccc32)c1C. The highest BCUT2D eigenvalue weighted by Crippen LogP contribution is 2.20. The number of esters is 1. The second-order valence-electron chi connectivity index (χ2n) is 7.72. The van der Waals surface area contributed by atoms with Gasteiger partial charge in [0.1, 0.15) is 6.54 Å². The number of pyridine rings is 1. The number of carbonyl (C=O) groups excluding carboxylic acids is 2. The van der Waals surface area contributed by atoms with Crippen molar-refractivity contribution in [2.24, 2.45) is 0 Å². The Morgan fingerprint density at radius 1 is 0.969 bits per heavy atom. The van der Waals surface area contributed by atoms with Gasteiger partial charge in [0.05, 0.1) is 11.0 Å². The topological polar surface area (TPSA) is 70.3 Å². The molecule has 0 saturated heterocycles. The number of allylic oxidation sites excluding steroid dienone is 1. The maximum atomic E-state index is 12.8. The van der Waals surface area contributed by atoms with Crippen LogP contribution < -0.4 is 5.43 Å². The van der Waals surface area contributed by atoms with Crippen molar-refractivity contribution in [1.82, 2.24) is 9.13 Å². The highest BCUT2D eigenvalue weighted by atomic mass is 16.5. The van der Waals surface area contributed by atoms with Gasteiger partial charge in [-0.15, -0.1) is 6.58 Å². The molecular formula is C26H24N2O4. The number of nitrogens with zero attached hydrogens (tertiary/aromatic N) is 2. The Morgan fingerprint density at radius 3 is 2.16 bits per heavy atom. The Morgan fingerprint density at radius 2 is 1.56 bits per heavy atom.